The number of nitrogens with two attached hydrogens (primary N) is 1. The lowest BCUT2D eigenvalue weighted by atomic mass is 9.76. The molecule has 0 spiro atoms. The van der Waals surface area contributed by atoms with Gasteiger partial charge in [0.25, 0.3) is 0 Å². The van der Waals surface area contributed by atoms with Gasteiger partial charge in [0.05, 0.1) is 0 Å². The Morgan fingerprint density at radius 3 is 2.36 bits per heavy atom. The SMILES string of the molecule is NC1(CCC2CCCC[C@@H]2CO)CC1. The second kappa shape index (κ2) is 4.19. The molecule has 0 heterocycles. The predicted molar refractivity (Wildman–Crippen MR) is 57.9 cm³/mol. The molecule has 0 aromatic carbocycles. The first-order chi connectivity index (χ1) is 6.73. The van der Waals surface area contributed by atoms with E-state index in [2.05, 4.69) is 0 Å². The van der Waals surface area contributed by atoms with Crippen LogP contribution in [0.15, 0.2) is 0 Å². The summed E-state index contributed by atoms with van der Waals surface area (Å²) in [6.45, 7) is 0.391. The number of aliphatic hydroxyl groups is 1. The van der Waals surface area contributed by atoms with Crippen molar-refractivity contribution in [3.63, 3.8) is 0 Å². The highest BCUT2D eigenvalue weighted by Crippen LogP contribution is 2.41. The third kappa shape index (κ3) is 2.48. The molecule has 1 unspecified atom stereocenters. The van der Waals surface area contributed by atoms with E-state index >= 15 is 0 Å². The lowest BCUT2D eigenvalue weighted by Crippen LogP contribution is -2.27. The van der Waals surface area contributed by atoms with Crippen LogP contribution in [0.3, 0.4) is 0 Å². The molecule has 2 rings (SSSR count). The molecule has 2 heteroatoms. The van der Waals surface area contributed by atoms with E-state index < -0.39 is 0 Å². The van der Waals surface area contributed by atoms with Crippen molar-refractivity contribution in [1.29, 1.82) is 0 Å². The number of aliphatic hydroxyl groups excluding tert-OH is 1. The Bertz CT molecular complexity index is 189. The van der Waals surface area contributed by atoms with Crippen molar-refractivity contribution < 1.29 is 5.11 Å². The summed E-state index contributed by atoms with van der Waals surface area (Å²) in [5.41, 5.74) is 6.29. The van der Waals surface area contributed by atoms with Gasteiger partial charge in [0.1, 0.15) is 0 Å². The van der Waals surface area contributed by atoms with Crippen LogP contribution in [0.1, 0.15) is 51.4 Å². The molecule has 2 aliphatic carbocycles. The Balaban J connectivity index is 1.76. The van der Waals surface area contributed by atoms with Gasteiger partial charge in [-0.1, -0.05) is 19.3 Å². The molecule has 0 amide bonds. The normalized spacial score (nSPS) is 35.6. The van der Waals surface area contributed by atoms with Gasteiger partial charge in [0, 0.05) is 12.1 Å². The summed E-state index contributed by atoms with van der Waals surface area (Å²) in [6, 6.07) is 0. The summed E-state index contributed by atoms with van der Waals surface area (Å²) in [7, 11) is 0. The maximum Gasteiger partial charge on any atom is 0.0461 e. The van der Waals surface area contributed by atoms with Crippen molar-refractivity contribution in [2.45, 2.75) is 56.9 Å². The Labute approximate surface area is 86.9 Å². The standard InChI is InChI=1S/C12H23NO/c13-12(7-8-12)6-5-10-3-1-2-4-11(10)9-14/h10-11,14H,1-9,13H2/t10?,11-/m1/s1. The van der Waals surface area contributed by atoms with Gasteiger partial charge < -0.3 is 10.8 Å². The molecule has 0 aromatic heterocycles. The molecule has 3 N–H and O–H groups in total. The summed E-state index contributed by atoms with van der Waals surface area (Å²) < 4.78 is 0. The van der Waals surface area contributed by atoms with Crippen molar-refractivity contribution in [3.05, 3.63) is 0 Å². The smallest absolute Gasteiger partial charge is 0.0461 e. The van der Waals surface area contributed by atoms with Gasteiger partial charge in [-0.2, -0.15) is 0 Å². The Hall–Kier alpha value is -0.0800. The molecular formula is C12H23NO. The van der Waals surface area contributed by atoms with Crippen molar-refractivity contribution in [3.8, 4) is 0 Å². The number of hydrogen-bond acceptors (Lipinski definition) is 2. The first kappa shape index (κ1) is 10.4. The summed E-state index contributed by atoms with van der Waals surface area (Å²) in [5, 5.41) is 9.28. The third-order valence-corrected chi connectivity index (χ3v) is 4.21. The van der Waals surface area contributed by atoms with E-state index in [9.17, 15) is 5.11 Å². The fourth-order valence-corrected chi connectivity index (χ4v) is 2.79. The maximum absolute atomic E-state index is 9.28. The number of hydrogen-bond donors (Lipinski definition) is 2. The first-order valence-electron chi connectivity index (χ1n) is 6.13. The molecule has 0 bridgehead atoms. The molecule has 2 atom stereocenters. The average Bonchev–Trinajstić information content (AvgIpc) is 2.95. The molecule has 0 aliphatic heterocycles. The highest BCUT2D eigenvalue weighted by Gasteiger charge is 2.38. The van der Waals surface area contributed by atoms with Gasteiger partial charge in [0.2, 0.25) is 0 Å². The van der Waals surface area contributed by atoms with Gasteiger partial charge in [-0.3, -0.25) is 0 Å². The zero-order chi connectivity index (χ0) is 10.0. The second-order valence-electron chi connectivity index (χ2n) is 5.39. The molecule has 82 valence electrons. The number of rotatable bonds is 4. The summed E-state index contributed by atoms with van der Waals surface area (Å²) in [5.74, 6) is 1.33. The van der Waals surface area contributed by atoms with Gasteiger partial charge >= 0.3 is 0 Å². The minimum Gasteiger partial charge on any atom is -0.396 e. The molecule has 0 aromatic rings. The van der Waals surface area contributed by atoms with Crippen LogP contribution in [0.5, 0.6) is 0 Å². The van der Waals surface area contributed by atoms with E-state index in [0.29, 0.717) is 12.5 Å². The fraction of sp³-hybridized carbons (Fsp3) is 1.00. The van der Waals surface area contributed by atoms with E-state index in [1.54, 1.807) is 0 Å². The van der Waals surface area contributed by atoms with E-state index in [1.807, 2.05) is 0 Å². The van der Waals surface area contributed by atoms with Gasteiger partial charge in [-0.05, 0) is 43.9 Å². The molecule has 2 aliphatic rings. The van der Waals surface area contributed by atoms with Crippen molar-refractivity contribution >= 4 is 0 Å². The minimum absolute atomic E-state index is 0.206. The van der Waals surface area contributed by atoms with Crippen LogP contribution in [0.2, 0.25) is 0 Å². The zero-order valence-corrected chi connectivity index (χ0v) is 9.04. The van der Waals surface area contributed by atoms with Gasteiger partial charge in [-0.25, -0.2) is 0 Å². The topological polar surface area (TPSA) is 46.2 Å². The second-order valence-corrected chi connectivity index (χ2v) is 5.39. The minimum atomic E-state index is 0.206. The summed E-state index contributed by atoms with van der Waals surface area (Å²) >= 11 is 0. The average molecular weight is 197 g/mol. The molecule has 2 nitrogen and oxygen atoms in total. The summed E-state index contributed by atoms with van der Waals surface area (Å²) in [6.07, 6.45) is 10.1. The van der Waals surface area contributed by atoms with Crippen LogP contribution in [-0.4, -0.2) is 17.3 Å². The van der Waals surface area contributed by atoms with E-state index in [1.165, 1.54) is 51.4 Å². The summed E-state index contributed by atoms with van der Waals surface area (Å²) in [4.78, 5) is 0. The molecular weight excluding hydrogens is 174 g/mol. The van der Waals surface area contributed by atoms with Crippen molar-refractivity contribution in [1.82, 2.24) is 0 Å². The lowest BCUT2D eigenvalue weighted by molar-refractivity contribution is 0.125. The molecule has 2 fully saturated rings. The van der Waals surface area contributed by atoms with Crippen LogP contribution in [0, 0.1) is 11.8 Å². The maximum atomic E-state index is 9.28. The van der Waals surface area contributed by atoms with Crippen LogP contribution in [0.25, 0.3) is 0 Å². The third-order valence-electron chi connectivity index (χ3n) is 4.21. The fourth-order valence-electron chi connectivity index (χ4n) is 2.79. The van der Waals surface area contributed by atoms with E-state index in [4.69, 9.17) is 5.73 Å². The molecule has 14 heavy (non-hydrogen) atoms. The van der Waals surface area contributed by atoms with Crippen LogP contribution >= 0.6 is 0 Å². The van der Waals surface area contributed by atoms with E-state index in [0.717, 1.165) is 5.92 Å². The first-order valence-corrected chi connectivity index (χ1v) is 6.13. The van der Waals surface area contributed by atoms with Gasteiger partial charge in [0.15, 0.2) is 0 Å². The molecule has 0 saturated heterocycles. The monoisotopic (exact) mass is 197 g/mol. The molecule has 0 radical (unpaired) electrons. The Kier molecular flexibility index (Phi) is 3.13. The van der Waals surface area contributed by atoms with E-state index in [-0.39, 0.29) is 5.54 Å². The van der Waals surface area contributed by atoms with Crippen molar-refractivity contribution in [2.24, 2.45) is 17.6 Å². The quantitative estimate of drug-likeness (QED) is 0.724. The van der Waals surface area contributed by atoms with Crippen LogP contribution in [0.4, 0.5) is 0 Å². The van der Waals surface area contributed by atoms with Crippen molar-refractivity contribution in [2.75, 3.05) is 6.61 Å². The Morgan fingerprint density at radius 1 is 1.14 bits per heavy atom. The van der Waals surface area contributed by atoms with Crippen LogP contribution in [-0.2, 0) is 0 Å². The highest BCUT2D eigenvalue weighted by molar-refractivity contribution is 4.98. The molecule has 2 saturated carbocycles. The lowest BCUT2D eigenvalue weighted by Gasteiger charge is -2.30. The van der Waals surface area contributed by atoms with Gasteiger partial charge in [-0.15, -0.1) is 0 Å². The van der Waals surface area contributed by atoms with Crippen LogP contribution < -0.4 is 5.73 Å². The largest absolute Gasteiger partial charge is 0.396 e. The predicted octanol–water partition coefficient (Wildman–Crippen LogP) is 2.06. The zero-order valence-electron chi connectivity index (χ0n) is 9.04. The highest BCUT2D eigenvalue weighted by atomic mass is 16.3. The Morgan fingerprint density at radius 2 is 1.79 bits per heavy atom.